The molecule has 0 aliphatic heterocycles. The number of nitrogens with zero attached hydrogens (tertiary/aromatic N) is 2. The summed E-state index contributed by atoms with van der Waals surface area (Å²) in [6.45, 7) is 4.28. The van der Waals surface area contributed by atoms with E-state index in [0.29, 0.717) is 0 Å². The number of rotatable bonds is 2. The molecule has 2 nitrogen and oxygen atoms in total. The van der Waals surface area contributed by atoms with Crippen LogP contribution in [0.4, 0.5) is 0 Å². The van der Waals surface area contributed by atoms with Gasteiger partial charge in [0, 0.05) is 12.1 Å². The maximum absolute atomic E-state index is 4.75. The SMILES string of the molecule is CCc1nc2c(n1-c1ccccc1)C(C)C#CC=C2. The van der Waals surface area contributed by atoms with Crippen LogP contribution in [-0.2, 0) is 6.42 Å². The first-order valence-electron chi connectivity index (χ1n) is 6.65. The molecule has 0 saturated carbocycles. The predicted molar refractivity (Wildman–Crippen MR) is 78.2 cm³/mol. The molecule has 1 aliphatic rings. The van der Waals surface area contributed by atoms with Gasteiger partial charge in [-0.1, -0.05) is 37.0 Å². The number of aromatic nitrogens is 2. The van der Waals surface area contributed by atoms with E-state index >= 15 is 0 Å². The third-order valence-electron chi connectivity index (χ3n) is 3.38. The molecular weight excluding hydrogens is 232 g/mol. The van der Waals surface area contributed by atoms with Crippen molar-refractivity contribution in [1.29, 1.82) is 0 Å². The second kappa shape index (κ2) is 4.78. The van der Waals surface area contributed by atoms with Gasteiger partial charge in [0.25, 0.3) is 0 Å². The van der Waals surface area contributed by atoms with Crippen LogP contribution in [0.3, 0.4) is 0 Å². The maximum atomic E-state index is 4.75. The first-order chi connectivity index (χ1) is 9.31. The van der Waals surface area contributed by atoms with E-state index in [2.05, 4.69) is 54.5 Å². The summed E-state index contributed by atoms with van der Waals surface area (Å²) in [6.07, 6.45) is 4.82. The Bertz CT molecular complexity index is 681. The van der Waals surface area contributed by atoms with E-state index < -0.39 is 0 Å². The van der Waals surface area contributed by atoms with Gasteiger partial charge in [0.1, 0.15) is 5.82 Å². The number of hydrogen-bond donors (Lipinski definition) is 0. The predicted octanol–water partition coefficient (Wildman–Crippen LogP) is 3.57. The van der Waals surface area contributed by atoms with Gasteiger partial charge < -0.3 is 0 Å². The van der Waals surface area contributed by atoms with Gasteiger partial charge in [0.15, 0.2) is 0 Å². The van der Waals surface area contributed by atoms with Crippen molar-refractivity contribution in [2.75, 3.05) is 0 Å². The van der Waals surface area contributed by atoms with Gasteiger partial charge in [-0.3, -0.25) is 4.57 Å². The maximum Gasteiger partial charge on any atom is 0.113 e. The topological polar surface area (TPSA) is 17.8 Å². The summed E-state index contributed by atoms with van der Waals surface area (Å²) in [5, 5.41) is 0. The molecule has 94 valence electrons. The third-order valence-corrected chi connectivity index (χ3v) is 3.38. The average Bonchev–Trinajstić information content (AvgIpc) is 2.73. The van der Waals surface area contributed by atoms with Crippen LogP contribution in [0.15, 0.2) is 36.4 Å². The number of fused-ring (bicyclic) bond motifs is 1. The van der Waals surface area contributed by atoms with Gasteiger partial charge in [-0.25, -0.2) is 4.98 Å². The van der Waals surface area contributed by atoms with Crippen LogP contribution < -0.4 is 0 Å². The highest BCUT2D eigenvalue weighted by Crippen LogP contribution is 2.27. The number of hydrogen-bond acceptors (Lipinski definition) is 1. The quantitative estimate of drug-likeness (QED) is 0.743. The fraction of sp³-hybridized carbons (Fsp3) is 0.235. The fourth-order valence-corrected chi connectivity index (χ4v) is 2.50. The molecule has 1 atom stereocenters. The summed E-state index contributed by atoms with van der Waals surface area (Å²) in [5.41, 5.74) is 3.40. The standard InChI is InChI=1S/C17H16N2/c1-3-16-18-15-12-8-7-9-13(2)17(15)19(16)14-10-5-4-6-11-14/h4-6,8,10-13H,3H2,1-2H3. The number of benzene rings is 1. The largest absolute Gasteiger partial charge is 0.299 e. The molecule has 0 spiro atoms. The zero-order chi connectivity index (χ0) is 13.2. The van der Waals surface area contributed by atoms with Crippen molar-refractivity contribution < 1.29 is 0 Å². The Morgan fingerprint density at radius 2 is 2.05 bits per heavy atom. The summed E-state index contributed by atoms with van der Waals surface area (Å²) in [7, 11) is 0. The Labute approximate surface area is 113 Å². The summed E-state index contributed by atoms with van der Waals surface area (Å²) in [6, 6.07) is 10.4. The van der Waals surface area contributed by atoms with Crippen molar-refractivity contribution in [3.63, 3.8) is 0 Å². The van der Waals surface area contributed by atoms with Crippen LogP contribution >= 0.6 is 0 Å². The van der Waals surface area contributed by atoms with E-state index in [0.717, 1.165) is 23.6 Å². The Morgan fingerprint density at radius 3 is 2.79 bits per heavy atom. The highest BCUT2D eigenvalue weighted by molar-refractivity contribution is 5.58. The second-order valence-corrected chi connectivity index (χ2v) is 4.67. The third kappa shape index (κ3) is 1.98. The summed E-state index contributed by atoms with van der Waals surface area (Å²) < 4.78 is 2.25. The summed E-state index contributed by atoms with van der Waals surface area (Å²) in [4.78, 5) is 4.75. The number of para-hydroxylation sites is 1. The van der Waals surface area contributed by atoms with Crippen LogP contribution in [0.25, 0.3) is 11.8 Å². The first kappa shape index (κ1) is 11.8. The molecule has 0 fully saturated rings. The minimum absolute atomic E-state index is 0.193. The van der Waals surface area contributed by atoms with Crippen LogP contribution in [0.5, 0.6) is 0 Å². The monoisotopic (exact) mass is 248 g/mol. The van der Waals surface area contributed by atoms with Gasteiger partial charge in [0.2, 0.25) is 0 Å². The Balaban J connectivity index is 2.27. The summed E-state index contributed by atoms with van der Waals surface area (Å²) >= 11 is 0. The molecule has 0 radical (unpaired) electrons. The van der Waals surface area contributed by atoms with Crippen molar-refractivity contribution in [3.05, 3.63) is 53.6 Å². The second-order valence-electron chi connectivity index (χ2n) is 4.67. The molecule has 1 aromatic carbocycles. The van der Waals surface area contributed by atoms with Crippen LogP contribution in [0.2, 0.25) is 0 Å². The van der Waals surface area contributed by atoms with E-state index in [1.807, 2.05) is 18.2 Å². The zero-order valence-corrected chi connectivity index (χ0v) is 11.2. The number of aryl methyl sites for hydroxylation is 1. The van der Waals surface area contributed by atoms with Crippen LogP contribution in [0, 0.1) is 11.8 Å². The zero-order valence-electron chi connectivity index (χ0n) is 11.2. The lowest BCUT2D eigenvalue weighted by molar-refractivity contribution is 0.818. The number of imidazole rings is 1. The van der Waals surface area contributed by atoms with Gasteiger partial charge in [-0.2, -0.15) is 0 Å². The van der Waals surface area contributed by atoms with E-state index in [9.17, 15) is 0 Å². The van der Waals surface area contributed by atoms with Crippen LogP contribution in [0.1, 0.15) is 37.0 Å². The Hall–Kier alpha value is -2.27. The average molecular weight is 248 g/mol. The van der Waals surface area contributed by atoms with Gasteiger partial charge in [-0.15, -0.1) is 0 Å². The lowest BCUT2D eigenvalue weighted by Crippen LogP contribution is -2.06. The van der Waals surface area contributed by atoms with Crippen molar-refractivity contribution in [2.45, 2.75) is 26.2 Å². The fourth-order valence-electron chi connectivity index (χ4n) is 2.50. The molecular formula is C17H16N2. The molecule has 3 rings (SSSR count). The molecule has 2 heteroatoms. The minimum Gasteiger partial charge on any atom is -0.299 e. The molecule has 1 aromatic heterocycles. The van der Waals surface area contributed by atoms with Gasteiger partial charge >= 0.3 is 0 Å². The lowest BCUT2D eigenvalue weighted by atomic mass is 10.1. The minimum atomic E-state index is 0.193. The molecule has 0 amide bonds. The highest BCUT2D eigenvalue weighted by Gasteiger charge is 2.20. The lowest BCUT2D eigenvalue weighted by Gasteiger charge is -2.13. The van der Waals surface area contributed by atoms with Gasteiger partial charge in [0.05, 0.1) is 17.3 Å². The van der Waals surface area contributed by atoms with E-state index in [-0.39, 0.29) is 5.92 Å². The van der Waals surface area contributed by atoms with Crippen molar-refractivity contribution in [3.8, 4) is 17.5 Å². The molecule has 19 heavy (non-hydrogen) atoms. The summed E-state index contributed by atoms with van der Waals surface area (Å²) in [5.74, 6) is 7.60. The molecule has 1 aliphatic carbocycles. The smallest absolute Gasteiger partial charge is 0.113 e. The molecule has 1 heterocycles. The molecule has 0 bridgehead atoms. The van der Waals surface area contributed by atoms with Crippen molar-refractivity contribution in [1.82, 2.24) is 9.55 Å². The van der Waals surface area contributed by atoms with E-state index in [4.69, 9.17) is 4.98 Å². The van der Waals surface area contributed by atoms with Crippen molar-refractivity contribution >= 4 is 6.08 Å². The Kier molecular flexibility index (Phi) is 2.97. The molecule has 0 N–H and O–H groups in total. The van der Waals surface area contributed by atoms with E-state index in [1.54, 1.807) is 0 Å². The Morgan fingerprint density at radius 1 is 1.26 bits per heavy atom. The highest BCUT2D eigenvalue weighted by atomic mass is 15.1. The first-order valence-corrected chi connectivity index (χ1v) is 6.65. The molecule has 2 aromatic rings. The molecule has 0 saturated heterocycles. The van der Waals surface area contributed by atoms with Crippen molar-refractivity contribution in [2.24, 2.45) is 0 Å². The van der Waals surface area contributed by atoms with Crippen LogP contribution in [-0.4, -0.2) is 9.55 Å². The van der Waals surface area contributed by atoms with Gasteiger partial charge in [-0.05, 0) is 31.2 Å². The normalized spacial score (nSPS) is 16.4. The van der Waals surface area contributed by atoms with E-state index in [1.165, 1.54) is 5.69 Å². The number of allylic oxidation sites excluding steroid dienone is 1. The molecule has 1 unspecified atom stereocenters.